The number of benzene rings is 2. The van der Waals surface area contributed by atoms with Gasteiger partial charge in [-0.1, -0.05) is 18.2 Å². The third kappa shape index (κ3) is 4.64. The monoisotopic (exact) mass is 360 g/mol. The molecule has 1 heterocycles. The number of carbonyl (C=O) groups is 1. The number of ether oxygens (including phenoxy) is 3. The van der Waals surface area contributed by atoms with E-state index in [1.165, 1.54) is 6.07 Å². The molecule has 1 aliphatic heterocycles. The Morgan fingerprint density at radius 1 is 1.19 bits per heavy atom. The van der Waals surface area contributed by atoms with Crippen molar-refractivity contribution in [2.45, 2.75) is 6.10 Å². The van der Waals surface area contributed by atoms with Crippen LogP contribution in [0, 0.1) is 5.82 Å². The Hall–Kier alpha value is -2.80. The van der Waals surface area contributed by atoms with Gasteiger partial charge in [-0.15, -0.1) is 0 Å². The van der Waals surface area contributed by atoms with Crippen LogP contribution in [-0.4, -0.2) is 50.4 Å². The fraction of sp³-hybridized carbons (Fsp3) is 0.316. The van der Waals surface area contributed by atoms with Crippen molar-refractivity contribution in [1.82, 2.24) is 4.90 Å². The van der Waals surface area contributed by atoms with Gasteiger partial charge in [-0.25, -0.2) is 9.18 Å². The Labute approximate surface area is 151 Å². The molecule has 138 valence electrons. The molecule has 1 aliphatic rings. The van der Waals surface area contributed by atoms with Crippen LogP contribution >= 0.6 is 0 Å². The van der Waals surface area contributed by atoms with Crippen LogP contribution in [0.15, 0.2) is 48.5 Å². The number of nitrogens with one attached hydrogen (secondary N) is 1. The summed E-state index contributed by atoms with van der Waals surface area (Å²) in [5.41, 5.74) is 0.642. The number of carbonyl (C=O) groups excluding carboxylic acids is 1. The normalized spacial score (nSPS) is 13.8. The van der Waals surface area contributed by atoms with Crippen LogP contribution in [0.5, 0.6) is 11.5 Å². The number of rotatable bonds is 7. The van der Waals surface area contributed by atoms with Crippen LogP contribution < -0.4 is 14.8 Å². The second-order valence-electron chi connectivity index (χ2n) is 5.87. The Kier molecular flexibility index (Phi) is 5.91. The molecule has 0 bridgehead atoms. The van der Waals surface area contributed by atoms with Gasteiger partial charge in [0.1, 0.15) is 18.5 Å². The Bertz CT molecular complexity index is 750. The summed E-state index contributed by atoms with van der Waals surface area (Å²) in [6, 6.07) is 13.2. The molecule has 0 atom stereocenters. The lowest BCUT2D eigenvalue weighted by Gasteiger charge is -2.38. The van der Waals surface area contributed by atoms with Crippen molar-refractivity contribution in [3.05, 3.63) is 54.3 Å². The summed E-state index contributed by atoms with van der Waals surface area (Å²) >= 11 is 0. The van der Waals surface area contributed by atoms with Crippen LogP contribution in [0.4, 0.5) is 14.9 Å². The van der Waals surface area contributed by atoms with Crippen molar-refractivity contribution in [1.29, 1.82) is 0 Å². The summed E-state index contributed by atoms with van der Waals surface area (Å²) in [7, 11) is 1.61. The van der Waals surface area contributed by atoms with E-state index in [0.717, 1.165) is 0 Å². The van der Waals surface area contributed by atoms with Gasteiger partial charge < -0.3 is 24.4 Å². The number of anilines is 1. The van der Waals surface area contributed by atoms with E-state index >= 15 is 0 Å². The molecule has 2 aromatic rings. The first-order valence-electron chi connectivity index (χ1n) is 8.34. The van der Waals surface area contributed by atoms with Gasteiger partial charge in [-0.3, -0.25) is 0 Å². The highest BCUT2D eigenvalue weighted by Crippen LogP contribution is 2.22. The number of likely N-dealkylation sites (tertiary alicyclic amines) is 1. The highest BCUT2D eigenvalue weighted by Gasteiger charge is 2.32. The number of hydrogen-bond acceptors (Lipinski definition) is 4. The van der Waals surface area contributed by atoms with Gasteiger partial charge in [0.2, 0.25) is 0 Å². The van der Waals surface area contributed by atoms with Gasteiger partial charge >= 0.3 is 6.03 Å². The first kappa shape index (κ1) is 18.0. The minimum Gasteiger partial charge on any atom is -0.491 e. The first-order valence-corrected chi connectivity index (χ1v) is 8.34. The predicted octanol–water partition coefficient (Wildman–Crippen LogP) is 3.15. The quantitative estimate of drug-likeness (QED) is 0.771. The molecule has 0 spiro atoms. The molecule has 2 aromatic carbocycles. The van der Waals surface area contributed by atoms with E-state index < -0.39 is 5.82 Å². The lowest BCUT2D eigenvalue weighted by atomic mass is 10.2. The molecule has 0 saturated carbocycles. The van der Waals surface area contributed by atoms with E-state index in [9.17, 15) is 9.18 Å². The molecule has 0 radical (unpaired) electrons. The van der Waals surface area contributed by atoms with Crippen LogP contribution in [0.1, 0.15) is 0 Å². The fourth-order valence-electron chi connectivity index (χ4n) is 2.51. The van der Waals surface area contributed by atoms with E-state index in [4.69, 9.17) is 14.2 Å². The van der Waals surface area contributed by atoms with E-state index in [-0.39, 0.29) is 17.9 Å². The maximum atomic E-state index is 13.6. The summed E-state index contributed by atoms with van der Waals surface area (Å²) in [6.45, 7) is 1.75. The van der Waals surface area contributed by atoms with E-state index in [0.29, 0.717) is 37.7 Å². The summed E-state index contributed by atoms with van der Waals surface area (Å²) in [6.07, 6.45) is -0.207. The minimum absolute atomic E-state index is 0.207. The smallest absolute Gasteiger partial charge is 0.322 e. The molecule has 0 unspecified atom stereocenters. The van der Waals surface area contributed by atoms with E-state index in [2.05, 4.69) is 5.32 Å². The lowest BCUT2D eigenvalue weighted by Crippen LogP contribution is -2.57. The van der Waals surface area contributed by atoms with Gasteiger partial charge in [0, 0.05) is 18.9 Å². The topological polar surface area (TPSA) is 60.0 Å². The zero-order valence-corrected chi connectivity index (χ0v) is 14.5. The van der Waals surface area contributed by atoms with Crippen molar-refractivity contribution in [2.24, 2.45) is 0 Å². The predicted molar refractivity (Wildman–Crippen MR) is 95.2 cm³/mol. The van der Waals surface area contributed by atoms with Crippen LogP contribution in [0.2, 0.25) is 0 Å². The maximum absolute atomic E-state index is 13.6. The molecule has 0 aliphatic carbocycles. The lowest BCUT2D eigenvalue weighted by molar-refractivity contribution is 0.0466. The first-order chi connectivity index (χ1) is 12.7. The van der Waals surface area contributed by atoms with Crippen LogP contribution in [-0.2, 0) is 4.74 Å². The molecule has 1 fully saturated rings. The van der Waals surface area contributed by atoms with Crippen LogP contribution in [0.3, 0.4) is 0 Å². The minimum atomic E-state index is -0.402. The molecule has 0 aromatic heterocycles. The number of amides is 2. The van der Waals surface area contributed by atoms with Crippen molar-refractivity contribution in [3.8, 4) is 11.5 Å². The molecule has 7 heteroatoms. The Morgan fingerprint density at radius 2 is 2.00 bits per heavy atom. The van der Waals surface area contributed by atoms with Gasteiger partial charge in [-0.2, -0.15) is 0 Å². The Balaban J connectivity index is 1.46. The third-order valence-corrected chi connectivity index (χ3v) is 3.91. The molecule has 2 amide bonds. The highest BCUT2D eigenvalue weighted by atomic mass is 19.1. The summed E-state index contributed by atoms with van der Waals surface area (Å²) in [5, 5.41) is 2.82. The Morgan fingerprint density at radius 3 is 2.77 bits per heavy atom. The largest absolute Gasteiger partial charge is 0.491 e. The number of para-hydroxylation sites is 1. The SMILES string of the molecule is COCCOc1cccc(NC(=O)N2CC(Oc3ccccc3F)C2)c1. The number of methoxy groups -OCH3 is 1. The number of urea groups is 1. The van der Waals surface area contributed by atoms with Crippen molar-refractivity contribution < 1.29 is 23.4 Å². The van der Waals surface area contributed by atoms with Gasteiger partial charge in [-0.05, 0) is 24.3 Å². The molecular formula is C19H21FN2O4. The van der Waals surface area contributed by atoms with E-state index in [1.807, 2.05) is 6.07 Å². The zero-order valence-electron chi connectivity index (χ0n) is 14.5. The standard InChI is InChI=1S/C19H21FN2O4/c1-24-9-10-25-15-6-4-5-14(11-15)21-19(23)22-12-16(13-22)26-18-8-3-2-7-17(18)20/h2-8,11,16H,9-10,12-13H2,1H3,(H,21,23). The molecule has 3 rings (SSSR count). The van der Waals surface area contributed by atoms with Gasteiger partial charge in [0.05, 0.1) is 19.7 Å². The summed E-state index contributed by atoms with van der Waals surface area (Å²) < 4.78 is 29.6. The number of hydrogen-bond donors (Lipinski definition) is 1. The molecule has 6 nitrogen and oxygen atoms in total. The van der Waals surface area contributed by atoms with Crippen molar-refractivity contribution >= 4 is 11.7 Å². The average molecular weight is 360 g/mol. The van der Waals surface area contributed by atoms with Crippen LogP contribution in [0.25, 0.3) is 0 Å². The number of halogens is 1. The van der Waals surface area contributed by atoms with Gasteiger partial charge in [0.15, 0.2) is 11.6 Å². The second-order valence-corrected chi connectivity index (χ2v) is 5.87. The molecule has 26 heavy (non-hydrogen) atoms. The van der Waals surface area contributed by atoms with Crippen molar-refractivity contribution in [2.75, 3.05) is 38.7 Å². The highest BCUT2D eigenvalue weighted by molar-refractivity contribution is 5.90. The molecular weight excluding hydrogens is 339 g/mol. The summed E-state index contributed by atoms with van der Waals surface area (Å²) in [4.78, 5) is 13.9. The second kappa shape index (κ2) is 8.53. The molecule has 1 N–H and O–H groups in total. The summed E-state index contributed by atoms with van der Waals surface area (Å²) in [5.74, 6) is 0.461. The maximum Gasteiger partial charge on any atom is 0.322 e. The zero-order chi connectivity index (χ0) is 18.4. The van der Waals surface area contributed by atoms with Gasteiger partial charge in [0.25, 0.3) is 0 Å². The molecule has 1 saturated heterocycles. The average Bonchev–Trinajstić information content (AvgIpc) is 2.59. The van der Waals surface area contributed by atoms with E-state index in [1.54, 1.807) is 48.4 Å². The van der Waals surface area contributed by atoms with Crippen molar-refractivity contribution in [3.63, 3.8) is 0 Å². The fourth-order valence-corrected chi connectivity index (χ4v) is 2.51. The third-order valence-electron chi connectivity index (χ3n) is 3.91. The number of nitrogens with zero attached hydrogens (tertiary/aromatic N) is 1.